The molecule has 4 heterocycles. The van der Waals surface area contributed by atoms with Crippen LogP contribution in [0.5, 0.6) is 11.5 Å². The van der Waals surface area contributed by atoms with Gasteiger partial charge in [-0.15, -0.1) is 24.3 Å². The molecule has 398 valence electrons. The topological polar surface area (TPSA) is 40.8 Å². The zero-order valence-corrected chi connectivity index (χ0v) is 48.0. The first kappa shape index (κ1) is 39.1. The van der Waals surface area contributed by atoms with Crippen LogP contribution in [0, 0.1) is 24.4 Å². The van der Waals surface area contributed by atoms with Crippen molar-refractivity contribution >= 4 is 54.6 Å². The molecule has 0 saturated heterocycles. The SMILES string of the molecule is [2H]c1c([2H])c([2H])c(-c2cccc(-c3cc(C(C)(C)C)cc(C(C)(C)C)c3)c2-[n+]2[c-]n(-c3[c-]c(Oc4[c-]c5c(c(-n6c7c([2H])c([2H])c([2H])c([2H])c7c7c([2H])c([2H])c([2H])c([2H])c76)c4)c4ccccc4n5-c4cc(C(C)C(C)C)ccn4)ccc3)c3ccccc32)c([2H])c1[2H].[Pt]. The largest absolute Gasteiger partial charge is 0.510 e. The Hall–Kier alpha value is -8.31. The number of aromatic nitrogens is 5. The average Bonchev–Trinajstić information content (AvgIpc) is 1.55. The molecule has 0 aliphatic carbocycles. The van der Waals surface area contributed by atoms with Crippen LogP contribution in [-0.2, 0) is 31.9 Å². The minimum atomic E-state index is -0.560. The van der Waals surface area contributed by atoms with Gasteiger partial charge < -0.3 is 18.4 Å². The van der Waals surface area contributed by atoms with Gasteiger partial charge in [-0.1, -0.05) is 219 Å². The smallest absolute Gasteiger partial charge is 0.268 e. The van der Waals surface area contributed by atoms with Gasteiger partial charge in [-0.2, -0.15) is 12.1 Å². The van der Waals surface area contributed by atoms with Crippen LogP contribution in [0.4, 0.5) is 0 Å². The molecule has 13 rings (SSSR count). The second kappa shape index (κ2) is 20.4. The maximum absolute atomic E-state index is 9.54. The normalized spacial score (nSPS) is 14.8. The van der Waals surface area contributed by atoms with Crippen molar-refractivity contribution in [3.63, 3.8) is 0 Å². The first-order valence-electron chi connectivity index (χ1n) is 33.1. The number of benzene rings is 9. The van der Waals surface area contributed by atoms with Crippen LogP contribution in [0.2, 0.25) is 0 Å². The minimum absolute atomic E-state index is 0. The van der Waals surface area contributed by atoms with Crippen molar-refractivity contribution in [1.82, 2.24) is 18.7 Å². The summed E-state index contributed by atoms with van der Waals surface area (Å²) in [5.41, 5.74) is 8.26. The third kappa shape index (κ3) is 9.14. The molecule has 1 atom stereocenters. The molecule has 0 spiro atoms. The molecule has 0 bridgehead atoms. The molecular formula is C73H63N5OPt-2. The van der Waals surface area contributed by atoms with Gasteiger partial charge in [0.1, 0.15) is 5.82 Å². The van der Waals surface area contributed by atoms with Crippen molar-refractivity contribution in [3.05, 3.63) is 241 Å². The van der Waals surface area contributed by atoms with E-state index >= 15 is 0 Å². The molecule has 0 aliphatic heterocycles. The van der Waals surface area contributed by atoms with Gasteiger partial charge in [0.25, 0.3) is 6.33 Å². The summed E-state index contributed by atoms with van der Waals surface area (Å²) in [6, 6.07) is 39.4. The zero-order valence-electron chi connectivity index (χ0n) is 58.7. The van der Waals surface area contributed by atoms with Crippen molar-refractivity contribution < 1.29 is 48.2 Å². The van der Waals surface area contributed by atoms with E-state index in [1.807, 2.05) is 92.6 Å². The number of imidazole rings is 1. The Morgan fingerprint density at radius 3 is 1.88 bits per heavy atom. The van der Waals surface area contributed by atoms with Crippen LogP contribution in [0.25, 0.3) is 99.8 Å². The van der Waals surface area contributed by atoms with Crippen molar-refractivity contribution in [1.29, 1.82) is 0 Å². The molecule has 13 aromatic rings. The third-order valence-corrected chi connectivity index (χ3v) is 15.2. The van der Waals surface area contributed by atoms with E-state index in [1.165, 1.54) is 4.57 Å². The zero-order chi connectivity index (χ0) is 65.6. The van der Waals surface area contributed by atoms with E-state index in [0.29, 0.717) is 61.5 Å². The van der Waals surface area contributed by atoms with Gasteiger partial charge in [0.2, 0.25) is 0 Å². The van der Waals surface area contributed by atoms with E-state index in [2.05, 4.69) is 99.0 Å². The van der Waals surface area contributed by atoms with Crippen LogP contribution in [0.1, 0.15) is 103 Å². The summed E-state index contributed by atoms with van der Waals surface area (Å²) in [4.78, 5) is 4.95. The molecule has 0 saturated carbocycles. The van der Waals surface area contributed by atoms with Crippen LogP contribution < -0.4 is 9.30 Å². The number of para-hydroxylation sites is 6. The van der Waals surface area contributed by atoms with Crippen molar-refractivity contribution in [3.8, 4) is 56.6 Å². The van der Waals surface area contributed by atoms with Gasteiger partial charge in [-0.05, 0) is 109 Å². The summed E-state index contributed by atoms with van der Waals surface area (Å²) < 4.78 is 132. The van der Waals surface area contributed by atoms with Gasteiger partial charge in [0, 0.05) is 55.1 Å². The minimum Gasteiger partial charge on any atom is -0.510 e. The predicted molar refractivity (Wildman–Crippen MR) is 326 cm³/mol. The fraction of sp³-hybridized carbons (Fsp3) is 0.178. The molecule has 0 radical (unpaired) electrons. The Morgan fingerprint density at radius 1 is 0.562 bits per heavy atom. The number of fused-ring (bicyclic) bond motifs is 7. The molecule has 9 aromatic carbocycles. The molecule has 0 amide bonds. The summed E-state index contributed by atoms with van der Waals surface area (Å²) in [7, 11) is 0. The van der Waals surface area contributed by atoms with Crippen molar-refractivity contribution in [2.45, 2.75) is 79.1 Å². The Balaban J connectivity index is 0.00000832. The van der Waals surface area contributed by atoms with Crippen LogP contribution in [-0.4, -0.2) is 18.7 Å². The molecule has 0 fully saturated rings. The molecule has 0 N–H and O–H groups in total. The van der Waals surface area contributed by atoms with E-state index in [9.17, 15) is 8.22 Å². The van der Waals surface area contributed by atoms with Crippen LogP contribution in [0.3, 0.4) is 0 Å². The van der Waals surface area contributed by atoms with Gasteiger partial charge in [0.05, 0.1) is 45.6 Å². The first-order chi connectivity index (χ1) is 43.6. The Bertz CT molecular complexity index is 5150. The third-order valence-electron chi connectivity index (χ3n) is 15.2. The fourth-order valence-corrected chi connectivity index (χ4v) is 10.7. The Morgan fingerprint density at radius 2 is 1.19 bits per heavy atom. The number of pyridine rings is 1. The molecule has 6 nitrogen and oxygen atoms in total. The Kier molecular flexibility index (Phi) is 9.98. The van der Waals surface area contributed by atoms with Crippen LogP contribution >= 0.6 is 0 Å². The monoisotopic (exact) mass is 1230 g/mol. The average molecular weight is 1230 g/mol. The molecule has 4 aromatic heterocycles. The molecule has 80 heavy (non-hydrogen) atoms. The van der Waals surface area contributed by atoms with Crippen LogP contribution in [0.15, 0.2) is 206 Å². The predicted octanol–water partition coefficient (Wildman–Crippen LogP) is 18.4. The molecular weight excluding hydrogens is 1160 g/mol. The summed E-state index contributed by atoms with van der Waals surface area (Å²) in [6.45, 7) is 19.5. The summed E-state index contributed by atoms with van der Waals surface area (Å²) >= 11 is 0. The maximum atomic E-state index is 9.54. The second-order valence-electron chi connectivity index (χ2n) is 22.6. The summed E-state index contributed by atoms with van der Waals surface area (Å²) in [6.07, 6.45) is 5.40. The van der Waals surface area contributed by atoms with Gasteiger partial charge in [-0.3, -0.25) is 4.57 Å². The fourth-order valence-electron chi connectivity index (χ4n) is 10.7. The van der Waals surface area contributed by atoms with E-state index in [4.69, 9.17) is 19.3 Å². The second-order valence-corrected chi connectivity index (χ2v) is 22.6. The van der Waals surface area contributed by atoms with E-state index in [-0.39, 0.29) is 94.5 Å². The molecule has 1 unspecified atom stereocenters. The van der Waals surface area contributed by atoms with E-state index in [1.54, 1.807) is 30.5 Å². The quantitative estimate of drug-likeness (QED) is 0.101. The number of ether oxygens (including phenoxy) is 1. The molecule has 0 aliphatic rings. The summed E-state index contributed by atoms with van der Waals surface area (Å²) in [5, 5.41) is 1.05. The number of hydrogen-bond donors (Lipinski definition) is 0. The number of rotatable bonds is 10. The standard InChI is InChI=1S/C73H63N5O.Pt/c1-47(2)48(3)50-37-38-74-69(41-50)78-64-34-18-15-29-61(64)70-67(77-62-32-16-13-27-59(62)60-28-14-17-33-63(60)77)44-56(45-68(70)78)79-55-26-21-25-54(43-55)75-46-76(66-36-20-19-35-65(66)75)71-57(49-23-11-10-12-24-49)30-22-31-58(71)51-39-52(72(4,5)6)42-53(40-51)73(7,8)9;/h10-42,44,47-48H,1-9H3;/q-2;/i10D,11D,12D,13D,14D,16D,17D,23D,24D,27D,28D,32D,33D;. The van der Waals surface area contributed by atoms with Gasteiger partial charge in [0.15, 0.2) is 0 Å². The first-order valence-corrected chi connectivity index (χ1v) is 26.6. The van der Waals surface area contributed by atoms with Gasteiger partial charge in [-0.25, -0.2) is 4.98 Å². The van der Waals surface area contributed by atoms with Crippen molar-refractivity contribution in [2.75, 3.05) is 0 Å². The van der Waals surface area contributed by atoms with Gasteiger partial charge >= 0.3 is 0 Å². The van der Waals surface area contributed by atoms with E-state index < -0.39 is 66.5 Å². The Labute approximate surface area is 502 Å². The summed E-state index contributed by atoms with van der Waals surface area (Å²) in [5.74, 6) is 1.30. The van der Waals surface area contributed by atoms with Crippen molar-refractivity contribution in [2.24, 2.45) is 5.92 Å². The number of hydrogen-bond acceptors (Lipinski definition) is 2. The number of nitrogens with zero attached hydrogens (tertiary/aromatic N) is 5. The molecule has 7 heteroatoms. The van der Waals surface area contributed by atoms with E-state index in [0.717, 1.165) is 27.8 Å². The maximum Gasteiger partial charge on any atom is 0.268 e.